The molecule has 0 spiro atoms. The lowest BCUT2D eigenvalue weighted by Crippen LogP contribution is -2.42. The summed E-state index contributed by atoms with van der Waals surface area (Å²) in [5, 5.41) is -0.538. The van der Waals surface area contributed by atoms with Crippen molar-refractivity contribution in [2.45, 2.75) is 35.8 Å². The highest BCUT2D eigenvalue weighted by molar-refractivity contribution is 7.92. The third kappa shape index (κ3) is 4.70. The van der Waals surface area contributed by atoms with E-state index < -0.39 is 20.9 Å². The maximum atomic E-state index is 13.0. The molecule has 1 saturated heterocycles. The van der Waals surface area contributed by atoms with E-state index in [0.29, 0.717) is 38.8 Å². The minimum absolute atomic E-state index is 0.0356. The molecule has 2 aromatic rings. The Balaban J connectivity index is 1.52. The molecule has 7 heteroatoms. The zero-order valence-electron chi connectivity index (χ0n) is 15.8. The number of sulfone groups is 1. The first-order valence-electron chi connectivity index (χ1n) is 9.30. The highest BCUT2D eigenvalue weighted by Gasteiger charge is 2.32. The number of likely N-dealkylation sites (tertiary alicyclic amines) is 1. The average molecular weight is 405 g/mol. The smallest absolute Gasteiger partial charge is 0.222 e. The molecule has 0 radical (unpaired) electrons. The molecule has 0 atom stereocenters. The fourth-order valence-corrected chi connectivity index (χ4v) is 5.17. The van der Waals surface area contributed by atoms with E-state index in [2.05, 4.69) is 0 Å². The molecule has 0 bridgehead atoms. The zero-order chi connectivity index (χ0) is 20.1. The summed E-state index contributed by atoms with van der Waals surface area (Å²) in [7, 11) is -1.90. The van der Waals surface area contributed by atoms with Crippen molar-refractivity contribution in [2.75, 3.05) is 20.2 Å². The zero-order valence-corrected chi connectivity index (χ0v) is 16.6. The first-order chi connectivity index (χ1) is 13.4. The van der Waals surface area contributed by atoms with Crippen LogP contribution >= 0.6 is 0 Å². The summed E-state index contributed by atoms with van der Waals surface area (Å²) in [4.78, 5) is 14.3. The largest absolute Gasteiger partial charge is 0.497 e. The third-order valence-electron chi connectivity index (χ3n) is 5.16. The fraction of sp³-hybridized carbons (Fsp3) is 0.381. The van der Waals surface area contributed by atoms with Crippen LogP contribution in [0.2, 0.25) is 0 Å². The second kappa shape index (κ2) is 8.73. The number of hydrogen-bond acceptors (Lipinski definition) is 4. The molecule has 0 aromatic heterocycles. The molecule has 1 amide bonds. The molecule has 0 saturated carbocycles. The van der Waals surface area contributed by atoms with E-state index in [0.717, 1.165) is 23.4 Å². The monoisotopic (exact) mass is 405 g/mol. The Bertz CT molecular complexity index is 902. The number of piperidine rings is 1. The van der Waals surface area contributed by atoms with Crippen molar-refractivity contribution in [3.8, 4) is 5.75 Å². The molecule has 28 heavy (non-hydrogen) atoms. The van der Waals surface area contributed by atoms with Gasteiger partial charge in [0.2, 0.25) is 5.91 Å². The molecule has 1 heterocycles. The maximum absolute atomic E-state index is 13.0. The average Bonchev–Trinajstić information content (AvgIpc) is 2.73. The lowest BCUT2D eigenvalue weighted by Gasteiger charge is -2.32. The van der Waals surface area contributed by atoms with E-state index in [1.807, 2.05) is 24.3 Å². The van der Waals surface area contributed by atoms with Gasteiger partial charge >= 0.3 is 0 Å². The van der Waals surface area contributed by atoms with E-state index in [4.69, 9.17) is 4.74 Å². The van der Waals surface area contributed by atoms with Gasteiger partial charge in [-0.15, -0.1) is 0 Å². The second-order valence-corrected chi connectivity index (χ2v) is 9.16. The summed E-state index contributed by atoms with van der Waals surface area (Å²) in [5.74, 6) is 0.351. The molecule has 1 aliphatic rings. The number of halogens is 1. The van der Waals surface area contributed by atoms with Crippen LogP contribution in [-0.2, 0) is 21.1 Å². The molecule has 0 unspecified atom stereocenters. The SMILES string of the molecule is COc1ccc(CCC(=O)N2CCC(S(=O)(=O)c3ccc(F)cc3)CC2)cc1. The van der Waals surface area contributed by atoms with Crippen molar-refractivity contribution in [1.29, 1.82) is 0 Å². The van der Waals surface area contributed by atoms with Crippen LogP contribution in [0.15, 0.2) is 53.4 Å². The van der Waals surface area contributed by atoms with Crippen molar-refractivity contribution in [3.63, 3.8) is 0 Å². The van der Waals surface area contributed by atoms with Crippen LogP contribution in [0.5, 0.6) is 5.75 Å². The molecular formula is C21H24FNO4S. The first kappa shape index (κ1) is 20.3. The Hall–Kier alpha value is -2.41. The quantitative estimate of drug-likeness (QED) is 0.692. The predicted molar refractivity (Wildman–Crippen MR) is 105 cm³/mol. The number of rotatable bonds is 6. The Morgan fingerprint density at radius 2 is 1.68 bits per heavy atom. The summed E-state index contributed by atoms with van der Waals surface area (Å²) < 4.78 is 43.6. The fourth-order valence-electron chi connectivity index (χ4n) is 3.43. The van der Waals surface area contributed by atoms with Crippen molar-refractivity contribution >= 4 is 15.7 Å². The normalized spacial score (nSPS) is 15.4. The molecule has 150 valence electrons. The summed E-state index contributed by atoms with van der Waals surface area (Å²) in [6.45, 7) is 0.846. The van der Waals surface area contributed by atoms with Gasteiger partial charge in [-0.25, -0.2) is 12.8 Å². The van der Waals surface area contributed by atoms with E-state index >= 15 is 0 Å². The number of nitrogens with zero attached hydrogens (tertiary/aromatic N) is 1. The Morgan fingerprint density at radius 3 is 2.25 bits per heavy atom. The van der Waals surface area contributed by atoms with Crippen LogP contribution in [0.1, 0.15) is 24.8 Å². The van der Waals surface area contributed by atoms with Crippen LogP contribution in [0.25, 0.3) is 0 Å². The molecular weight excluding hydrogens is 381 g/mol. The molecule has 1 fully saturated rings. The second-order valence-electron chi connectivity index (χ2n) is 6.93. The summed E-state index contributed by atoms with van der Waals surface area (Å²) in [6, 6.07) is 12.5. The van der Waals surface area contributed by atoms with Gasteiger partial charge in [0, 0.05) is 19.5 Å². The first-order valence-corrected chi connectivity index (χ1v) is 10.8. The van der Waals surface area contributed by atoms with Crippen LogP contribution in [0.3, 0.4) is 0 Å². The molecule has 1 aliphatic heterocycles. The van der Waals surface area contributed by atoms with E-state index in [-0.39, 0.29) is 10.8 Å². The van der Waals surface area contributed by atoms with Crippen molar-refractivity contribution in [3.05, 3.63) is 59.9 Å². The molecule has 3 rings (SSSR count). The minimum Gasteiger partial charge on any atom is -0.497 e. The standard InChI is InChI=1S/C21H24FNO4S/c1-27-18-7-2-16(3-8-18)4-11-21(24)23-14-12-20(13-15-23)28(25,26)19-9-5-17(22)6-10-19/h2-3,5-10,20H,4,11-15H2,1H3. The number of aryl methyl sites for hydroxylation is 1. The van der Waals surface area contributed by atoms with Gasteiger partial charge in [0.25, 0.3) is 0 Å². The minimum atomic E-state index is -3.51. The molecule has 0 N–H and O–H groups in total. The Morgan fingerprint density at radius 1 is 1.07 bits per heavy atom. The number of hydrogen-bond donors (Lipinski definition) is 0. The van der Waals surface area contributed by atoms with Gasteiger partial charge < -0.3 is 9.64 Å². The van der Waals surface area contributed by atoms with Crippen LogP contribution in [0.4, 0.5) is 4.39 Å². The number of carbonyl (C=O) groups is 1. The van der Waals surface area contributed by atoms with Gasteiger partial charge in [-0.1, -0.05) is 12.1 Å². The number of methoxy groups -OCH3 is 1. The summed E-state index contributed by atoms with van der Waals surface area (Å²) in [6.07, 6.45) is 1.82. The van der Waals surface area contributed by atoms with Gasteiger partial charge in [-0.05, 0) is 61.2 Å². The third-order valence-corrected chi connectivity index (χ3v) is 7.44. The lowest BCUT2D eigenvalue weighted by molar-refractivity contribution is -0.132. The Kier molecular flexibility index (Phi) is 6.34. The number of carbonyl (C=O) groups excluding carboxylic acids is 1. The van der Waals surface area contributed by atoms with Gasteiger partial charge in [-0.2, -0.15) is 0 Å². The van der Waals surface area contributed by atoms with Crippen LogP contribution < -0.4 is 4.74 Å². The highest BCUT2D eigenvalue weighted by atomic mass is 32.2. The van der Waals surface area contributed by atoms with Gasteiger partial charge in [-0.3, -0.25) is 4.79 Å². The molecule has 5 nitrogen and oxygen atoms in total. The van der Waals surface area contributed by atoms with Gasteiger partial charge in [0.05, 0.1) is 17.3 Å². The molecule has 2 aromatic carbocycles. The lowest BCUT2D eigenvalue weighted by atomic mass is 10.1. The summed E-state index contributed by atoms with van der Waals surface area (Å²) in [5.41, 5.74) is 1.06. The summed E-state index contributed by atoms with van der Waals surface area (Å²) >= 11 is 0. The van der Waals surface area contributed by atoms with Crippen molar-refractivity contribution in [2.24, 2.45) is 0 Å². The highest BCUT2D eigenvalue weighted by Crippen LogP contribution is 2.25. The van der Waals surface area contributed by atoms with Gasteiger partial charge in [0.1, 0.15) is 11.6 Å². The van der Waals surface area contributed by atoms with E-state index in [1.165, 1.54) is 12.1 Å². The Labute approximate surface area is 165 Å². The van der Waals surface area contributed by atoms with Crippen LogP contribution in [-0.4, -0.2) is 44.7 Å². The van der Waals surface area contributed by atoms with E-state index in [9.17, 15) is 17.6 Å². The predicted octanol–water partition coefficient (Wildman–Crippen LogP) is 3.23. The molecule has 0 aliphatic carbocycles. The maximum Gasteiger partial charge on any atom is 0.222 e. The van der Waals surface area contributed by atoms with Crippen molar-refractivity contribution in [1.82, 2.24) is 4.90 Å². The van der Waals surface area contributed by atoms with Crippen LogP contribution in [0, 0.1) is 5.82 Å². The number of benzene rings is 2. The topological polar surface area (TPSA) is 63.7 Å². The number of amides is 1. The van der Waals surface area contributed by atoms with Gasteiger partial charge in [0.15, 0.2) is 9.84 Å². The van der Waals surface area contributed by atoms with Crippen molar-refractivity contribution < 1.29 is 22.3 Å². The van der Waals surface area contributed by atoms with E-state index in [1.54, 1.807) is 12.0 Å². The number of ether oxygens (including phenoxy) is 1.